The van der Waals surface area contributed by atoms with E-state index in [4.69, 9.17) is 13.6 Å². The molecule has 0 radical (unpaired) electrons. The molecule has 11 nitrogen and oxygen atoms in total. The minimum Gasteiger partial charge on any atom is -0.468 e. The van der Waals surface area contributed by atoms with Crippen molar-refractivity contribution in [2.24, 2.45) is 0 Å². The molecule has 184 valence electrons. The number of carbonyl (C=O) groups is 2. The lowest BCUT2D eigenvalue weighted by Crippen LogP contribution is -2.22. The third kappa shape index (κ3) is 6.74. The van der Waals surface area contributed by atoms with E-state index in [1.165, 1.54) is 36.6 Å². The van der Waals surface area contributed by atoms with Crippen LogP contribution in [0.5, 0.6) is 0 Å². The Kier molecular flexibility index (Phi) is 7.68. The van der Waals surface area contributed by atoms with Gasteiger partial charge >= 0.3 is 12.0 Å². The fraction of sp³-hybridized carbons (Fsp3) is 0.0833. The zero-order valence-electron chi connectivity index (χ0n) is 18.7. The van der Waals surface area contributed by atoms with Crippen LogP contribution < -0.4 is 10.0 Å². The fourth-order valence-electron chi connectivity index (χ4n) is 2.90. The molecule has 0 saturated heterocycles. The van der Waals surface area contributed by atoms with E-state index in [-0.39, 0.29) is 23.3 Å². The van der Waals surface area contributed by atoms with Gasteiger partial charge in [-0.1, -0.05) is 35.4 Å². The largest absolute Gasteiger partial charge is 0.468 e. The van der Waals surface area contributed by atoms with Crippen LogP contribution in [0.3, 0.4) is 0 Å². The quantitative estimate of drug-likeness (QED) is 0.243. The lowest BCUT2D eigenvalue weighted by atomic mass is 10.2. The number of hydrogen-bond donors (Lipinski definition) is 2. The van der Waals surface area contributed by atoms with E-state index >= 15 is 0 Å². The Morgan fingerprint density at radius 1 is 0.972 bits per heavy atom. The van der Waals surface area contributed by atoms with Crippen LogP contribution in [0.4, 0.5) is 6.01 Å². The first-order chi connectivity index (χ1) is 17.4. The summed E-state index contributed by atoms with van der Waals surface area (Å²) in [5.41, 5.74) is 1.25. The van der Waals surface area contributed by atoms with E-state index in [9.17, 15) is 18.0 Å². The van der Waals surface area contributed by atoms with E-state index in [2.05, 4.69) is 20.2 Å². The first-order valence-electron chi connectivity index (χ1n) is 10.5. The van der Waals surface area contributed by atoms with Crippen LogP contribution in [0, 0.1) is 0 Å². The van der Waals surface area contributed by atoms with Gasteiger partial charge in [0.25, 0.3) is 5.91 Å². The zero-order chi connectivity index (χ0) is 25.4. The van der Waals surface area contributed by atoms with E-state index in [1.807, 2.05) is 18.2 Å². The number of sulfonamides is 1. The maximum atomic E-state index is 12.4. The van der Waals surface area contributed by atoms with Gasteiger partial charge in [-0.25, -0.2) is 17.9 Å². The summed E-state index contributed by atoms with van der Waals surface area (Å²) in [4.78, 5) is 24.0. The van der Waals surface area contributed by atoms with Crippen LogP contribution in [-0.2, 0) is 30.9 Å². The molecule has 0 saturated carbocycles. The van der Waals surface area contributed by atoms with Crippen molar-refractivity contribution in [3.63, 3.8) is 0 Å². The van der Waals surface area contributed by atoms with Gasteiger partial charge in [0.2, 0.25) is 15.9 Å². The number of aromatic nitrogens is 2. The highest BCUT2D eigenvalue weighted by Gasteiger charge is 2.14. The third-order valence-electron chi connectivity index (χ3n) is 4.66. The van der Waals surface area contributed by atoms with Crippen LogP contribution in [0.2, 0.25) is 0 Å². The molecule has 0 fully saturated rings. The average molecular weight is 509 g/mol. The Balaban J connectivity index is 1.23. The monoisotopic (exact) mass is 508 g/mol. The predicted molar refractivity (Wildman–Crippen MR) is 128 cm³/mol. The predicted octanol–water partition coefficient (Wildman–Crippen LogP) is 3.00. The van der Waals surface area contributed by atoms with E-state index in [0.29, 0.717) is 16.9 Å². The highest BCUT2D eigenvalue weighted by Crippen LogP contribution is 2.19. The molecule has 36 heavy (non-hydrogen) atoms. The summed E-state index contributed by atoms with van der Waals surface area (Å²) >= 11 is 0. The number of benzene rings is 2. The van der Waals surface area contributed by atoms with Crippen molar-refractivity contribution < 1.29 is 31.6 Å². The Bertz CT molecular complexity index is 1450. The standard InChI is InChI=1S/C24H20N4O7S/c29-21(26-24-28-27-23(35-24)18-5-2-1-3-6-18)16-34-22(30)13-10-17-8-11-20(12-9-17)36(31,32)25-15-19-7-4-14-33-19/h1-14,25H,15-16H2,(H,26,28,29)/b13-10+. The van der Waals surface area contributed by atoms with Gasteiger partial charge in [0.15, 0.2) is 6.61 Å². The minimum atomic E-state index is -3.73. The Hall–Kier alpha value is -4.55. The van der Waals surface area contributed by atoms with Gasteiger partial charge in [-0.2, -0.15) is 0 Å². The van der Waals surface area contributed by atoms with E-state index in [1.54, 1.807) is 24.3 Å². The van der Waals surface area contributed by atoms with Gasteiger partial charge < -0.3 is 13.6 Å². The van der Waals surface area contributed by atoms with Gasteiger partial charge in [-0.15, -0.1) is 5.10 Å². The third-order valence-corrected chi connectivity index (χ3v) is 6.07. The molecule has 4 aromatic rings. The van der Waals surface area contributed by atoms with E-state index < -0.39 is 28.5 Å². The van der Waals surface area contributed by atoms with Crippen molar-refractivity contribution in [3.05, 3.63) is 90.4 Å². The molecule has 2 aromatic heterocycles. The van der Waals surface area contributed by atoms with Crippen LogP contribution >= 0.6 is 0 Å². The van der Waals surface area contributed by atoms with Gasteiger partial charge in [0, 0.05) is 11.6 Å². The molecule has 0 atom stereocenters. The number of amides is 1. The molecule has 0 bridgehead atoms. The second-order valence-electron chi connectivity index (χ2n) is 7.24. The first-order valence-corrected chi connectivity index (χ1v) is 12.0. The summed E-state index contributed by atoms with van der Waals surface area (Å²) in [6.07, 6.45) is 4.00. The molecule has 12 heteroatoms. The number of anilines is 1. The van der Waals surface area contributed by atoms with Crippen molar-refractivity contribution >= 4 is 34.0 Å². The van der Waals surface area contributed by atoms with Gasteiger partial charge in [-0.05, 0) is 48.0 Å². The van der Waals surface area contributed by atoms with Crippen LogP contribution in [0.25, 0.3) is 17.5 Å². The number of carbonyl (C=O) groups excluding carboxylic acids is 2. The zero-order valence-corrected chi connectivity index (χ0v) is 19.5. The van der Waals surface area contributed by atoms with Crippen molar-refractivity contribution in [2.45, 2.75) is 11.4 Å². The number of hydrogen-bond acceptors (Lipinski definition) is 9. The molecule has 2 heterocycles. The molecule has 2 aromatic carbocycles. The first kappa shape index (κ1) is 24.6. The van der Waals surface area contributed by atoms with Gasteiger partial charge in [0.05, 0.1) is 17.7 Å². The Morgan fingerprint density at radius 2 is 1.75 bits per heavy atom. The van der Waals surface area contributed by atoms with Crippen molar-refractivity contribution in [1.82, 2.24) is 14.9 Å². The van der Waals surface area contributed by atoms with Crippen molar-refractivity contribution in [1.29, 1.82) is 0 Å². The molecule has 0 aliphatic rings. The number of nitrogens with zero attached hydrogens (tertiary/aromatic N) is 2. The summed E-state index contributed by atoms with van der Waals surface area (Å²) in [6.45, 7) is -0.540. The summed E-state index contributed by atoms with van der Waals surface area (Å²) in [5, 5.41) is 9.93. The Labute approximate surface area is 205 Å². The summed E-state index contributed by atoms with van der Waals surface area (Å²) < 4.78 is 42.5. The maximum absolute atomic E-state index is 12.4. The number of esters is 1. The number of nitrogens with one attached hydrogen (secondary N) is 2. The lowest BCUT2D eigenvalue weighted by molar-refractivity contribution is -0.142. The second-order valence-corrected chi connectivity index (χ2v) is 9.01. The Morgan fingerprint density at radius 3 is 2.47 bits per heavy atom. The second kappa shape index (κ2) is 11.3. The van der Waals surface area contributed by atoms with Crippen LogP contribution in [0.15, 0.2) is 92.8 Å². The molecule has 0 aliphatic carbocycles. The van der Waals surface area contributed by atoms with Gasteiger partial charge in [0.1, 0.15) is 5.76 Å². The fourth-order valence-corrected chi connectivity index (χ4v) is 3.89. The lowest BCUT2D eigenvalue weighted by Gasteiger charge is -2.05. The molecule has 0 aliphatic heterocycles. The summed E-state index contributed by atoms with van der Waals surface area (Å²) in [5.74, 6) is -0.702. The number of furan rings is 1. The maximum Gasteiger partial charge on any atom is 0.331 e. The SMILES string of the molecule is O=C(COC(=O)/C=C/c1ccc(S(=O)(=O)NCc2ccco2)cc1)Nc1nnc(-c2ccccc2)o1. The number of ether oxygens (including phenoxy) is 1. The molecule has 0 spiro atoms. The molecular weight excluding hydrogens is 488 g/mol. The van der Waals surface area contributed by atoms with Crippen LogP contribution in [-0.4, -0.2) is 37.1 Å². The summed E-state index contributed by atoms with van der Waals surface area (Å²) in [6, 6.07) is 18.1. The average Bonchev–Trinajstić information content (AvgIpc) is 3.58. The van der Waals surface area contributed by atoms with Crippen molar-refractivity contribution in [2.75, 3.05) is 11.9 Å². The highest BCUT2D eigenvalue weighted by molar-refractivity contribution is 7.89. The highest BCUT2D eigenvalue weighted by atomic mass is 32.2. The van der Waals surface area contributed by atoms with Crippen LogP contribution in [0.1, 0.15) is 11.3 Å². The molecule has 2 N–H and O–H groups in total. The number of rotatable bonds is 10. The smallest absolute Gasteiger partial charge is 0.331 e. The summed E-state index contributed by atoms with van der Waals surface area (Å²) in [7, 11) is -3.73. The molecule has 1 amide bonds. The molecular formula is C24H20N4O7S. The van der Waals surface area contributed by atoms with Gasteiger partial charge in [-0.3, -0.25) is 10.1 Å². The molecule has 4 rings (SSSR count). The van der Waals surface area contributed by atoms with E-state index in [0.717, 1.165) is 6.08 Å². The minimum absolute atomic E-state index is 0.0249. The topological polar surface area (TPSA) is 154 Å². The van der Waals surface area contributed by atoms with Crippen molar-refractivity contribution in [3.8, 4) is 11.5 Å². The molecule has 0 unspecified atom stereocenters. The normalized spacial score (nSPS) is 11.4.